The van der Waals surface area contributed by atoms with Gasteiger partial charge >= 0.3 is 6.61 Å². The number of hydrogen-bond donors (Lipinski definition) is 1. The summed E-state index contributed by atoms with van der Waals surface area (Å²) in [5.74, 6) is 1.99. The average Bonchev–Trinajstić information content (AvgIpc) is 2.69. The van der Waals surface area contributed by atoms with Crippen LogP contribution in [0.2, 0.25) is 0 Å². The molecule has 0 amide bonds. The van der Waals surface area contributed by atoms with Crippen LogP contribution in [-0.2, 0) is 6.54 Å². The van der Waals surface area contributed by atoms with E-state index < -0.39 is 6.61 Å². The Morgan fingerprint density at radius 3 is 2.43 bits per heavy atom. The number of guanidine groups is 1. The van der Waals surface area contributed by atoms with Crippen molar-refractivity contribution in [3.63, 3.8) is 0 Å². The van der Waals surface area contributed by atoms with Gasteiger partial charge in [-0.25, -0.2) is 0 Å². The highest BCUT2D eigenvalue weighted by Gasteiger charge is 2.13. The van der Waals surface area contributed by atoms with Crippen molar-refractivity contribution in [1.29, 1.82) is 0 Å². The van der Waals surface area contributed by atoms with E-state index >= 15 is 0 Å². The van der Waals surface area contributed by atoms with Crippen LogP contribution < -0.4 is 14.8 Å². The summed E-state index contributed by atoms with van der Waals surface area (Å²) in [6, 6.07) is 14.6. The molecule has 1 unspecified atom stereocenters. The predicted molar refractivity (Wildman–Crippen MR) is 107 cm³/mol. The lowest BCUT2D eigenvalue weighted by Crippen LogP contribution is -2.40. The Labute approximate surface area is 165 Å². The molecule has 2 aromatic carbocycles. The molecule has 0 aromatic heterocycles. The molecule has 0 aliphatic carbocycles. The largest absolute Gasteiger partial charge is 0.496 e. The van der Waals surface area contributed by atoms with Crippen molar-refractivity contribution < 1.29 is 18.3 Å². The number of nitrogens with one attached hydrogen (secondary N) is 1. The minimum Gasteiger partial charge on any atom is -0.496 e. The van der Waals surface area contributed by atoms with Crippen LogP contribution in [0, 0.1) is 0 Å². The van der Waals surface area contributed by atoms with Gasteiger partial charge in [0.2, 0.25) is 0 Å². The van der Waals surface area contributed by atoms with E-state index in [2.05, 4.69) is 28.0 Å². The van der Waals surface area contributed by atoms with Crippen molar-refractivity contribution in [1.82, 2.24) is 10.2 Å². The maximum Gasteiger partial charge on any atom is 0.387 e. The van der Waals surface area contributed by atoms with Crippen molar-refractivity contribution in [3.05, 3.63) is 59.7 Å². The highest BCUT2D eigenvalue weighted by molar-refractivity contribution is 5.79. The topological polar surface area (TPSA) is 46.1 Å². The quantitative estimate of drug-likeness (QED) is 0.543. The fourth-order valence-corrected chi connectivity index (χ4v) is 2.94. The first-order valence-corrected chi connectivity index (χ1v) is 9.03. The summed E-state index contributed by atoms with van der Waals surface area (Å²) in [6.45, 7) is 0.581. The van der Waals surface area contributed by atoms with Gasteiger partial charge in [-0.2, -0.15) is 8.78 Å². The molecule has 0 heterocycles. The average molecular weight is 391 g/mol. The second-order valence-electron chi connectivity index (χ2n) is 6.45. The van der Waals surface area contributed by atoms with Gasteiger partial charge in [0, 0.05) is 33.1 Å². The van der Waals surface area contributed by atoms with Gasteiger partial charge in [0.25, 0.3) is 0 Å². The number of rotatable bonds is 8. The summed E-state index contributed by atoms with van der Waals surface area (Å²) in [6.07, 6.45) is 0. The van der Waals surface area contributed by atoms with E-state index in [-0.39, 0.29) is 11.7 Å². The maximum absolute atomic E-state index is 12.2. The fraction of sp³-hybridized carbons (Fsp3) is 0.381. The molecule has 0 saturated carbocycles. The van der Waals surface area contributed by atoms with Gasteiger partial charge in [-0.05, 0) is 29.3 Å². The third-order valence-electron chi connectivity index (χ3n) is 4.38. The minimum absolute atomic E-state index is 0.148. The van der Waals surface area contributed by atoms with Crippen LogP contribution in [0.25, 0.3) is 0 Å². The Morgan fingerprint density at radius 2 is 1.82 bits per heavy atom. The smallest absolute Gasteiger partial charge is 0.387 e. The second kappa shape index (κ2) is 10.5. The van der Waals surface area contributed by atoms with E-state index in [9.17, 15) is 8.78 Å². The molecule has 7 heteroatoms. The number of alkyl halides is 2. The molecule has 2 rings (SSSR count). The van der Waals surface area contributed by atoms with Crippen molar-refractivity contribution in [2.24, 2.45) is 4.99 Å². The number of benzene rings is 2. The van der Waals surface area contributed by atoms with Gasteiger partial charge in [0.1, 0.15) is 11.5 Å². The zero-order chi connectivity index (χ0) is 20.5. The molecule has 0 fully saturated rings. The van der Waals surface area contributed by atoms with Crippen molar-refractivity contribution >= 4 is 5.96 Å². The molecular weight excluding hydrogens is 364 g/mol. The first-order chi connectivity index (χ1) is 13.4. The van der Waals surface area contributed by atoms with Crippen LogP contribution >= 0.6 is 0 Å². The third-order valence-corrected chi connectivity index (χ3v) is 4.38. The molecule has 5 nitrogen and oxygen atoms in total. The van der Waals surface area contributed by atoms with Crippen LogP contribution in [0.3, 0.4) is 0 Å². The Morgan fingerprint density at radius 1 is 1.14 bits per heavy atom. The Hall–Kier alpha value is -2.83. The molecule has 0 radical (unpaired) electrons. The van der Waals surface area contributed by atoms with Gasteiger partial charge in [-0.15, -0.1) is 0 Å². The molecule has 28 heavy (non-hydrogen) atoms. The zero-order valence-electron chi connectivity index (χ0n) is 16.7. The lowest BCUT2D eigenvalue weighted by Gasteiger charge is -2.24. The van der Waals surface area contributed by atoms with E-state index in [1.807, 2.05) is 30.1 Å². The molecular formula is C21H27F2N3O2. The van der Waals surface area contributed by atoms with Crippen molar-refractivity contribution in [2.75, 3.05) is 27.7 Å². The number of halogens is 2. The monoisotopic (exact) mass is 391 g/mol. The molecule has 0 bridgehead atoms. The number of hydrogen-bond acceptors (Lipinski definition) is 3. The van der Waals surface area contributed by atoms with Gasteiger partial charge in [-0.3, -0.25) is 4.99 Å². The van der Waals surface area contributed by atoms with Crippen LogP contribution in [0.1, 0.15) is 24.0 Å². The third kappa shape index (κ3) is 6.11. The number of para-hydroxylation sites is 1. The van der Waals surface area contributed by atoms with Crippen LogP contribution in [0.4, 0.5) is 8.78 Å². The number of aliphatic imine (C=N–C) groups is 1. The van der Waals surface area contributed by atoms with Crippen molar-refractivity contribution in [2.45, 2.75) is 26.0 Å². The Kier molecular flexibility index (Phi) is 8.04. The van der Waals surface area contributed by atoms with E-state index in [0.29, 0.717) is 13.1 Å². The van der Waals surface area contributed by atoms with Crippen LogP contribution in [0.5, 0.6) is 11.5 Å². The molecule has 152 valence electrons. The van der Waals surface area contributed by atoms with Crippen LogP contribution in [-0.4, -0.2) is 45.2 Å². The zero-order valence-corrected chi connectivity index (χ0v) is 16.7. The lowest BCUT2D eigenvalue weighted by atomic mass is 10.0. The molecule has 0 aliphatic rings. The van der Waals surface area contributed by atoms with E-state index in [1.165, 1.54) is 12.1 Å². The van der Waals surface area contributed by atoms with Gasteiger partial charge < -0.3 is 19.7 Å². The summed E-state index contributed by atoms with van der Waals surface area (Å²) in [5.41, 5.74) is 2.09. The second-order valence-corrected chi connectivity index (χ2v) is 6.45. The van der Waals surface area contributed by atoms with Crippen molar-refractivity contribution in [3.8, 4) is 11.5 Å². The van der Waals surface area contributed by atoms with Gasteiger partial charge in [0.15, 0.2) is 5.96 Å². The summed E-state index contributed by atoms with van der Waals surface area (Å²) in [4.78, 5) is 6.30. The van der Waals surface area contributed by atoms with Gasteiger partial charge in [-0.1, -0.05) is 37.3 Å². The SMILES string of the molecule is CN=C(NCC(C)c1ccccc1OC)N(C)Cc1ccc(OC(F)F)cc1. The highest BCUT2D eigenvalue weighted by Crippen LogP contribution is 2.25. The molecule has 2 aromatic rings. The van der Waals surface area contributed by atoms with E-state index in [4.69, 9.17) is 4.74 Å². The normalized spacial score (nSPS) is 12.6. The molecule has 0 aliphatic heterocycles. The first kappa shape index (κ1) is 21.5. The van der Waals surface area contributed by atoms with E-state index in [1.54, 1.807) is 26.3 Å². The minimum atomic E-state index is -2.82. The first-order valence-electron chi connectivity index (χ1n) is 9.03. The molecule has 1 atom stereocenters. The summed E-state index contributed by atoms with van der Waals surface area (Å²) in [7, 11) is 5.32. The predicted octanol–water partition coefficient (Wildman–Crippen LogP) is 4.11. The maximum atomic E-state index is 12.2. The van der Waals surface area contributed by atoms with Crippen LogP contribution in [0.15, 0.2) is 53.5 Å². The fourth-order valence-electron chi connectivity index (χ4n) is 2.94. The van der Waals surface area contributed by atoms with E-state index in [0.717, 1.165) is 22.8 Å². The lowest BCUT2D eigenvalue weighted by molar-refractivity contribution is -0.0498. The molecule has 0 saturated heterocycles. The molecule has 1 N–H and O–H groups in total. The van der Waals surface area contributed by atoms with Gasteiger partial charge in [0.05, 0.1) is 7.11 Å². The molecule has 0 spiro atoms. The Balaban J connectivity index is 1.93. The highest BCUT2D eigenvalue weighted by atomic mass is 19.3. The summed E-state index contributed by atoms with van der Waals surface area (Å²) >= 11 is 0. The Bertz CT molecular complexity index is 767. The number of methoxy groups -OCH3 is 1. The standard InChI is InChI=1S/C21H27F2N3O2/c1-15(18-7-5-6-8-19(18)27-4)13-25-21(24-2)26(3)14-16-9-11-17(12-10-16)28-20(22)23/h5-12,15,20H,13-14H2,1-4H3,(H,24,25). The number of nitrogens with zero attached hydrogens (tertiary/aromatic N) is 2. The number of ether oxygens (including phenoxy) is 2. The summed E-state index contributed by atoms with van der Waals surface area (Å²) in [5, 5.41) is 3.37. The summed E-state index contributed by atoms with van der Waals surface area (Å²) < 4.78 is 34.3.